The van der Waals surface area contributed by atoms with Crippen molar-refractivity contribution < 1.29 is 73.8 Å². The van der Waals surface area contributed by atoms with Gasteiger partial charge in [-0.25, -0.2) is 0 Å². The van der Waals surface area contributed by atoms with Crippen LogP contribution in [0.2, 0.25) is 0 Å². The topological polar surface area (TPSA) is 231 Å². The Labute approximate surface area is 417 Å². The van der Waals surface area contributed by atoms with Crippen LogP contribution in [0.3, 0.4) is 0 Å². The second kappa shape index (κ2) is 41.0. The highest BCUT2D eigenvalue weighted by Gasteiger charge is 2.47. The molecule has 0 bridgehead atoms. The van der Waals surface area contributed by atoms with Crippen LogP contribution in [0.15, 0.2) is 97.2 Å². The molecule has 0 amide bonds. The van der Waals surface area contributed by atoms with Crippen LogP contribution in [0.1, 0.15) is 142 Å². The monoisotopic (exact) mass is 989 g/mol. The van der Waals surface area contributed by atoms with E-state index in [1.165, 1.54) is 19.3 Å². The molecule has 15 nitrogen and oxygen atoms in total. The van der Waals surface area contributed by atoms with Crippen molar-refractivity contribution in [2.45, 2.75) is 210 Å². The number of hydrogen-bond acceptors (Lipinski definition) is 15. The quantitative estimate of drug-likeness (QED) is 0.0182. The van der Waals surface area contributed by atoms with Crippen molar-refractivity contribution in [3.63, 3.8) is 0 Å². The Bertz CT molecular complexity index is 1580. The molecule has 70 heavy (non-hydrogen) atoms. The van der Waals surface area contributed by atoms with Crippen LogP contribution < -0.4 is 0 Å². The van der Waals surface area contributed by atoms with Gasteiger partial charge in [0.05, 0.1) is 19.8 Å². The van der Waals surface area contributed by atoms with Crippen molar-refractivity contribution in [2.75, 3.05) is 26.4 Å². The first-order valence-corrected chi connectivity index (χ1v) is 25.8. The lowest BCUT2D eigenvalue weighted by atomic mass is 9.98. The summed E-state index contributed by atoms with van der Waals surface area (Å²) >= 11 is 0. The minimum atomic E-state index is -1.79. The molecule has 2 heterocycles. The summed E-state index contributed by atoms with van der Waals surface area (Å²) in [6, 6.07) is 0. The first kappa shape index (κ1) is 62.5. The molecule has 0 radical (unpaired) electrons. The molecular formula is C55H88O15. The molecule has 4 unspecified atom stereocenters. The van der Waals surface area contributed by atoms with Crippen LogP contribution in [0.5, 0.6) is 0 Å². The van der Waals surface area contributed by atoms with Crippen molar-refractivity contribution in [1.82, 2.24) is 0 Å². The Morgan fingerprint density at radius 1 is 0.471 bits per heavy atom. The van der Waals surface area contributed by atoms with Gasteiger partial charge >= 0.3 is 11.9 Å². The third kappa shape index (κ3) is 28.5. The number of carbonyl (C=O) groups is 2. The lowest BCUT2D eigenvalue weighted by Crippen LogP contribution is -2.61. The number of ether oxygens (including phenoxy) is 6. The Kier molecular flexibility index (Phi) is 36.6. The summed E-state index contributed by atoms with van der Waals surface area (Å²) in [4.78, 5) is 25.7. The van der Waals surface area contributed by atoms with E-state index < -0.39 is 99.3 Å². The molecule has 0 aromatic heterocycles. The van der Waals surface area contributed by atoms with Gasteiger partial charge in [0, 0.05) is 12.8 Å². The smallest absolute Gasteiger partial charge is 0.306 e. The van der Waals surface area contributed by atoms with Gasteiger partial charge in [0.1, 0.15) is 55.4 Å². The van der Waals surface area contributed by atoms with E-state index in [0.717, 1.165) is 77.0 Å². The zero-order chi connectivity index (χ0) is 51.0. The maximum absolute atomic E-state index is 13.0. The molecule has 7 N–H and O–H groups in total. The minimum absolute atomic E-state index is 0.0312. The second-order valence-corrected chi connectivity index (χ2v) is 17.6. The van der Waals surface area contributed by atoms with E-state index in [9.17, 15) is 45.3 Å². The molecule has 0 aromatic carbocycles. The van der Waals surface area contributed by atoms with Gasteiger partial charge in [0.2, 0.25) is 0 Å². The summed E-state index contributed by atoms with van der Waals surface area (Å²) in [5.74, 6) is -1.05. The number of carbonyl (C=O) groups excluding carboxylic acids is 2. The highest BCUT2D eigenvalue weighted by molar-refractivity contribution is 5.70. The van der Waals surface area contributed by atoms with Crippen LogP contribution in [-0.4, -0.2) is 142 Å². The van der Waals surface area contributed by atoms with Crippen molar-refractivity contribution in [3.05, 3.63) is 97.2 Å². The van der Waals surface area contributed by atoms with Gasteiger partial charge in [-0.3, -0.25) is 9.59 Å². The molecule has 2 saturated heterocycles. The first-order chi connectivity index (χ1) is 34.0. The van der Waals surface area contributed by atoms with Crippen LogP contribution in [-0.2, 0) is 38.0 Å². The van der Waals surface area contributed by atoms with E-state index in [-0.39, 0.29) is 19.4 Å². The Morgan fingerprint density at radius 3 is 1.47 bits per heavy atom. The van der Waals surface area contributed by atoms with Gasteiger partial charge in [-0.2, -0.15) is 0 Å². The lowest BCUT2D eigenvalue weighted by Gasteiger charge is -2.42. The molecule has 0 spiro atoms. The maximum atomic E-state index is 13.0. The van der Waals surface area contributed by atoms with E-state index >= 15 is 0 Å². The number of hydrogen-bond donors (Lipinski definition) is 7. The first-order valence-electron chi connectivity index (χ1n) is 25.8. The molecule has 0 aromatic rings. The summed E-state index contributed by atoms with van der Waals surface area (Å²) in [5, 5.41) is 72.1. The summed E-state index contributed by atoms with van der Waals surface area (Å²) < 4.78 is 33.5. The fraction of sp³-hybridized carbons (Fsp3) is 0.673. The van der Waals surface area contributed by atoms with E-state index in [2.05, 4.69) is 92.8 Å². The van der Waals surface area contributed by atoms with Crippen LogP contribution in [0.4, 0.5) is 0 Å². The average molecular weight is 989 g/mol. The number of allylic oxidation sites excluding steroid dienone is 16. The summed E-state index contributed by atoms with van der Waals surface area (Å²) in [6.45, 7) is 2.33. The van der Waals surface area contributed by atoms with Gasteiger partial charge in [-0.1, -0.05) is 143 Å². The van der Waals surface area contributed by atoms with E-state index in [1.54, 1.807) is 0 Å². The van der Waals surface area contributed by atoms with Crippen molar-refractivity contribution in [3.8, 4) is 0 Å². The highest BCUT2D eigenvalue weighted by atomic mass is 16.7. The van der Waals surface area contributed by atoms with Crippen LogP contribution in [0.25, 0.3) is 0 Å². The molecule has 0 saturated carbocycles. The van der Waals surface area contributed by atoms with Gasteiger partial charge in [0.25, 0.3) is 0 Å². The third-order valence-electron chi connectivity index (χ3n) is 11.6. The van der Waals surface area contributed by atoms with E-state index in [4.69, 9.17) is 28.4 Å². The number of aliphatic hydroxyl groups excluding tert-OH is 7. The normalized spacial score (nSPS) is 26.2. The fourth-order valence-electron chi connectivity index (χ4n) is 7.33. The molecular weight excluding hydrogens is 901 g/mol. The minimum Gasteiger partial charge on any atom is -0.462 e. The molecule has 2 fully saturated rings. The summed E-state index contributed by atoms with van der Waals surface area (Å²) in [5.41, 5.74) is 0. The molecule has 0 aliphatic carbocycles. The van der Waals surface area contributed by atoms with Crippen LogP contribution >= 0.6 is 0 Å². The van der Waals surface area contributed by atoms with Gasteiger partial charge < -0.3 is 64.2 Å². The van der Waals surface area contributed by atoms with Crippen molar-refractivity contribution in [1.29, 1.82) is 0 Å². The number of aliphatic hydroxyl groups is 7. The van der Waals surface area contributed by atoms with Crippen molar-refractivity contribution in [2.24, 2.45) is 0 Å². The lowest BCUT2D eigenvalue weighted by molar-refractivity contribution is -0.332. The predicted molar refractivity (Wildman–Crippen MR) is 270 cm³/mol. The SMILES string of the molecule is CC/C=C/C/C=C/C/C=C/C/C=C/C/C=C/C/C=C/CCC(=O)O[C@H](COC(=O)CCCCCCC/C=C/C/C=C/CCCCC)CO[C@H]1O[C@@H](CO[C@H]2O[C@@H](CO)[C@@H](O)C(O)C2O)[C@@H](O)C(O)C1O. The number of unbranched alkanes of at least 4 members (excludes halogenated alkanes) is 8. The molecule has 11 atom stereocenters. The zero-order valence-corrected chi connectivity index (χ0v) is 42.0. The van der Waals surface area contributed by atoms with Gasteiger partial charge in [-0.15, -0.1) is 0 Å². The van der Waals surface area contributed by atoms with E-state index in [1.807, 2.05) is 18.2 Å². The van der Waals surface area contributed by atoms with Crippen LogP contribution in [0, 0.1) is 0 Å². The number of rotatable bonds is 38. The number of esters is 2. The summed E-state index contributed by atoms with van der Waals surface area (Å²) in [6.07, 6.45) is 34.4. The second-order valence-electron chi connectivity index (χ2n) is 17.6. The Balaban J connectivity index is 1.86. The Morgan fingerprint density at radius 2 is 0.929 bits per heavy atom. The fourth-order valence-corrected chi connectivity index (χ4v) is 7.33. The van der Waals surface area contributed by atoms with Gasteiger partial charge in [-0.05, 0) is 83.5 Å². The van der Waals surface area contributed by atoms with Crippen molar-refractivity contribution >= 4 is 11.9 Å². The average Bonchev–Trinajstić information content (AvgIpc) is 3.35. The Hall–Kier alpha value is -3.58. The largest absolute Gasteiger partial charge is 0.462 e. The molecule has 2 aliphatic rings. The van der Waals surface area contributed by atoms with Gasteiger partial charge in [0.15, 0.2) is 18.7 Å². The van der Waals surface area contributed by atoms with E-state index in [0.29, 0.717) is 19.3 Å². The molecule has 15 heteroatoms. The zero-order valence-electron chi connectivity index (χ0n) is 42.0. The highest BCUT2D eigenvalue weighted by Crippen LogP contribution is 2.26. The summed E-state index contributed by atoms with van der Waals surface area (Å²) in [7, 11) is 0. The molecule has 2 rings (SSSR count). The molecule has 2 aliphatic heterocycles. The molecule has 398 valence electrons. The standard InChI is InChI=1S/C55H88O15/c1-3-5-7-9-11-13-15-17-19-20-21-22-24-26-28-30-32-34-36-38-47(58)68-43(40-65-46(57)37-35-33-31-29-27-25-23-18-16-14-12-10-8-6-4-2)41-66-54-53(64)51(62)49(60)45(70-54)42-67-55-52(63)50(61)48(59)44(39-56)69-55/h5,7,11-14,17-19,21-23,26,28,32,34,43-45,48-56,59-64H,3-4,6,8-10,15-16,20,24-25,27,29-31,33,35-42H2,1-2H3/b7-5+,13-11+,14-12+,19-17+,22-21+,23-18+,28-26+,34-32+/t43-,44+,45+,48-,49-,50?,51?,52?,53?,54+,55+/m1/s1. The maximum Gasteiger partial charge on any atom is 0.306 e. The third-order valence-corrected chi connectivity index (χ3v) is 11.6. The predicted octanol–water partition coefficient (Wildman–Crippen LogP) is 7.37.